The van der Waals surface area contributed by atoms with E-state index in [-0.39, 0.29) is 10.8 Å². The van der Waals surface area contributed by atoms with E-state index in [4.69, 9.17) is 15.4 Å². The van der Waals surface area contributed by atoms with Crippen molar-refractivity contribution in [3.05, 3.63) is 23.8 Å². The van der Waals surface area contributed by atoms with Crippen molar-refractivity contribution in [2.75, 3.05) is 13.2 Å². The van der Waals surface area contributed by atoms with Gasteiger partial charge in [-0.05, 0) is 30.5 Å². The van der Waals surface area contributed by atoms with Gasteiger partial charge in [-0.2, -0.15) is 0 Å². The molecular weight excluding hydrogens is 314 g/mol. The normalized spacial score (nSPS) is 18.0. The van der Waals surface area contributed by atoms with Gasteiger partial charge in [-0.1, -0.05) is 13.8 Å². The van der Waals surface area contributed by atoms with Gasteiger partial charge in [0.15, 0.2) is 0 Å². The molecule has 116 valence electrons. The van der Waals surface area contributed by atoms with E-state index in [2.05, 4.69) is 5.32 Å². The molecule has 0 aliphatic carbocycles. The van der Waals surface area contributed by atoms with Gasteiger partial charge < -0.3 is 10.1 Å². The van der Waals surface area contributed by atoms with Crippen molar-refractivity contribution in [2.45, 2.75) is 31.1 Å². The number of halogens is 1. The Labute approximate surface area is 129 Å². The molecule has 2 rings (SSSR count). The lowest BCUT2D eigenvalue weighted by atomic mass is 9.92. The predicted molar refractivity (Wildman–Crippen MR) is 80.2 cm³/mol. The highest BCUT2D eigenvalue weighted by Crippen LogP contribution is 2.36. The first-order valence-electron chi connectivity index (χ1n) is 6.78. The molecular formula is C14H18ClNO4S. The van der Waals surface area contributed by atoms with E-state index >= 15 is 0 Å². The predicted octanol–water partition coefficient (Wildman–Crippen LogP) is 2.25. The van der Waals surface area contributed by atoms with E-state index in [9.17, 15) is 13.2 Å². The van der Waals surface area contributed by atoms with Crippen LogP contribution in [0.5, 0.6) is 5.75 Å². The van der Waals surface area contributed by atoms with Crippen LogP contribution in [0.25, 0.3) is 0 Å². The fraction of sp³-hybridized carbons (Fsp3) is 0.500. The summed E-state index contributed by atoms with van der Waals surface area (Å²) in [5, 5.41) is 2.87. The van der Waals surface area contributed by atoms with Gasteiger partial charge >= 0.3 is 0 Å². The van der Waals surface area contributed by atoms with Gasteiger partial charge in [0.05, 0.1) is 17.4 Å². The van der Waals surface area contributed by atoms with Crippen molar-refractivity contribution in [1.82, 2.24) is 5.32 Å². The summed E-state index contributed by atoms with van der Waals surface area (Å²) in [6.45, 7) is 5.03. The van der Waals surface area contributed by atoms with Crippen molar-refractivity contribution >= 4 is 25.6 Å². The Hall–Kier alpha value is -1.27. The third kappa shape index (κ3) is 3.89. The number of ether oxygens (including phenoxy) is 1. The van der Waals surface area contributed by atoms with Crippen LogP contribution in [-0.2, 0) is 13.8 Å². The first-order chi connectivity index (χ1) is 9.79. The summed E-state index contributed by atoms with van der Waals surface area (Å²) in [7, 11) is 1.54. The topological polar surface area (TPSA) is 72.5 Å². The average molecular weight is 332 g/mol. The number of fused-ring (bicyclic) bond motifs is 1. The molecule has 0 aromatic heterocycles. The molecule has 1 unspecified atom stereocenters. The minimum atomic E-state index is -3.83. The summed E-state index contributed by atoms with van der Waals surface area (Å²) in [5.41, 5.74) is 0.573. The largest absolute Gasteiger partial charge is 0.493 e. The zero-order valence-electron chi connectivity index (χ0n) is 11.9. The molecule has 0 saturated carbocycles. The highest BCUT2D eigenvalue weighted by molar-refractivity contribution is 8.13. The van der Waals surface area contributed by atoms with Crippen LogP contribution in [0.1, 0.15) is 31.7 Å². The maximum absolute atomic E-state index is 12.3. The van der Waals surface area contributed by atoms with Crippen molar-refractivity contribution < 1.29 is 17.9 Å². The zero-order chi connectivity index (χ0) is 15.6. The number of benzene rings is 1. The number of carbonyl (C=O) groups is 1. The van der Waals surface area contributed by atoms with Crippen LogP contribution in [0.3, 0.4) is 0 Å². The molecule has 1 heterocycles. The van der Waals surface area contributed by atoms with E-state index in [0.29, 0.717) is 36.8 Å². The van der Waals surface area contributed by atoms with Crippen LogP contribution in [0.15, 0.2) is 23.1 Å². The number of amides is 1. The van der Waals surface area contributed by atoms with Gasteiger partial charge in [0.1, 0.15) is 5.75 Å². The molecule has 1 aliphatic heterocycles. The molecule has 7 heteroatoms. The summed E-state index contributed by atoms with van der Waals surface area (Å²) in [6.07, 6.45) is 0.517. The minimum absolute atomic E-state index is 0.0184. The molecule has 1 aromatic rings. The van der Waals surface area contributed by atoms with Crippen LogP contribution >= 0.6 is 10.7 Å². The summed E-state index contributed by atoms with van der Waals surface area (Å²) in [6, 6.07) is 4.36. The number of hydrogen-bond acceptors (Lipinski definition) is 4. The van der Waals surface area contributed by atoms with Gasteiger partial charge in [-0.25, -0.2) is 8.42 Å². The van der Waals surface area contributed by atoms with E-state index in [1.54, 1.807) is 6.07 Å². The lowest BCUT2D eigenvalue weighted by molar-refractivity contribution is -0.123. The molecule has 0 bridgehead atoms. The fourth-order valence-corrected chi connectivity index (χ4v) is 3.01. The Morgan fingerprint density at radius 1 is 1.48 bits per heavy atom. The van der Waals surface area contributed by atoms with Gasteiger partial charge in [0.2, 0.25) is 5.91 Å². The Balaban J connectivity index is 2.31. The fourth-order valence-electron chi connectivity index (χ4n) is 2.22. The minimum Gasteiger partial charge on any atom is -0.493 e. The third-order valence-electron chi connectivity index (χ3n) is 3.30. The summed E-state index contributed by atoms with van der Waals surface area (Å²) in [4.78, 5) is 12.3. The Bertz CT molecular complexity index is 642. The lowest BCUT2D eigenvalue weighted by Crippen LogP contribution is -2.34. The number of rotatable bonds is 4. The first-order valence-corrected chi connectivity index (χ1v) is 9.09. The van der Waals surface area contributed by atoms with Crippen molar-refractivity contribution in [1.29, 1.82) is 0 Å². The van der Waals surface area contributed by atoms with E-state index in [1.165, 1.54) is 12.1 Å². The van der Waals surface area contributed by atoms with Crippen LogP contribution in [-0.4, -0.2) is 27.5 Å². The number of nitrogens with one attached hydrogen (secondary N) is 1. The Kier molecular flexibility index (Phi) is 4.78. The lowest BCUT2D eigenvalue weighted by Gasteiger charge is -2.25. The highest BCUT2D eigenvalue weighted by Gasteiger charge is 2.29. The van der Waals surface area contributed by atoms with Crippen molar-refractivity contribution in [3.8, 4) is 5.75 Å². The van der Waals surface area contributed by atoms with Crippen LogP contribution in [0, 0.1) is 5.92 Å². The highest BCUT2D eigenvalue weighted by atomic mass is 35.7. The number of hydrogen-bond donors (Lipinski definition) is 1. The molecule has 1 amide bonds. The summed E-state index contributed by atoms with van der Waals surface area (Å²) < 4.78 is 28.3. The molecule has 1 aliphatic rings. The van der Waals surface area contributed by atoms with E-state index in [1.807, 2.05) is 13.8 Å². The molecule has 1 atom stereocenters. The molecule has 0 spiro atoms. The first kappa shape index (κ1) is 16.1. The second-order valence-electron chi connectivity index (χ2n) is 5.47. The van der Waals surface area contributed by atoms with Crippen molar-refractivity contribution in [3.63, 3.8) is 0 Å². The zero-order valence-corrected chi connectivity index (χ0v) is 13.5. The Morgan fingerprint density at radius 3 is 2.81 bits per heavy atom. The monoisotopic (exact) mass is 331 g/mol. The molecule has 21 heavy (non-hydrogen) atoms. The summed E-state index contributed by atoms with van der Waals surface area (Å²) >= 11 is 0. The van der Waals surface area contributed by atoms with E-state index in [0.717, 1.165) is 0 Å². The van der Waals surface area contributed by atoms with Crippen LogP contribution in [0.2, 0.25) is 0 Å². The van der Waals surface area contributed by atoms with E-state index < -0.39 is 15.0 Å². The average Bonchev–Trinajstić information content (AvgIpc) is 2.42. The van der Waals surface area contributed by atoms with Gasteiger partial charge in [0.25, 0.3) is 9.05 Å². The molecule has 0 fully saturated rings. The standard InChI is InChI=1S/C14H18ClNO4S/c1-9(2)8-16-14(17)11-5-6-20-13-4-3-10(7-12(11)13)21(15,18)19/h3-4,7,9,11H,5-6,8H2,1-2H3,(H,16,17). The quantitative estimate of drug-likeness (QED) is 0.859. The van der Waals surface area contributed by atoms with Crippen LogP contribution < -0.4 is 10.1 Å². The molecule has 1 N–H and O–H groups in total. The second-order valence-corrected chi connectivity index (χ2v) is 8.03. The second kappa shape index (κ2) is 6.23. The van der Waals surface area contributed by atoms with Crippen LogP contribution in [0.4, 0.5) is 0 Å². The maximum Gasteiger partial charge on any atom is 0.261 e. The SMILES string of the molecule is CC(C)CNC(=O)C1CCOc2ccc(S(=O)(=O)Cl)cc21. The van der Waals surface area contributed by atoms with Gasteiger partial charge in [-0.15, -0.1) is 0 Å². The Morgan fingerprint density at radius 2 is 2.19 bits per heavy atom. The molecule has 0 saturated heterocycles. The van der Waals surface area contributed by atoms with Crippen molar-refractivity contribution in [2.24, 2.45) is 5.92 Å². The molecule has 5 nitrogen and oxygen atoms in total. The number of carbonyl (C=O) groups excluding carboxylic acids is 1. The molecule has 1 aromatic carbocycles. The van der Waals surface area contributed by atoms with Gasteiger partial charge in [-0.3, -0.25) is 4.79 Å². The molecule has 0 radical (unpaired) electrons. The smallest absolute Gasteiger partial charge is 0.261 e. The van der Waals surface area contributed by atoms with Gasteiger partial charge in [0, 0.05) is 22.8 Å². The maximum atomic E-state index is 12.3. The summed E-state index contributed by atoms with van der Waals surface area (Å²) in [5.74, 6) is 0.362. The third-order valence-corrected chi connectivity index (χ3v) is 4.65.